The van der Waals surface area contributed by atoms with Crippen LogP contribution in [-0.2, 0) is 17.6 Å². The van der Waals surface area contributed by atoms with Crippen molar-refractivity contribution in [2.45, 2.75) is 25.7 Å². The van der Waals surface area contributed by atoms with E-state index in [1.54, 1.807) is 11.3 Å². The fraction of sp³-hybridized carbons (Fsp3) is 0.333. The van der Waals surface area contributed by atoms with E-state index in [1.165, 1.54) is 0 Å². The number of rotatable bonds is 5. The number of para-hydroxylation sites is 1. The number of nitrogens with zero attached hydrogens (tertiary/aromatic N) is 4. The average Bonchev–Trinajstić information content (AvgIpc) is 3.49. The number of amides is 1. The molecule has 0 saturated carbocycles. The molecule has 1 aliphatic rings. The summed E-state index contributed by atoms with van der Waals surface area (Å²) in [6.07, 6.45) is 2.97. The second kappa shape index (κ2) is 7.79. The highest BCUT2D eigenvalue weighted by atomic mass is 32.1. The standard InChI is InChI=1S/C21H20N4O3S/c26-20(11-17-16-5-1-2-6-18(16)27-23-17)25-8-3-4-14(12-25)10-19-22-21(24-28-19)15-7-9-29-13-15/h1-2,5-7,9,13-14H,3-4,8,10-12H2/t14-/m1/s1. The number of carbonyl (C=O) groups is 1. The maximum absolute atomic E-state index is 12.9. The van der Waals surface area contributed by atoms with Crippen LogP contribution in [0.1, 0.15) is 24.4 Å². The topological polar surface area (TPSA) is 85.3 Å². The molecule has 1 fully saturated rings. The van der Waals surface area contributed by atoms with Crippen molar-refractivity contribution in [2.24, 2.45) is 5.92 Å². The first-order valence-electron chi connectivity index (χ1n) is 9.72. The SMILES string of the molecule is O=C(Cc1noc2ccccc12)N1CCC[C@H](Cc2nc(-c3ccsc3)no2)C1. The van der Waals surface area contributed by atoms with Crippen LogP contribution in [-0.4, -0.2) is 39.2 Å². The van der Waals surface area contributed by atoms with Gasteiger partial charge in [-0.15, -0.1) is 0 Å². The largest absolute Gasteiger partial charge is 0.356 e. The lowest BCUT2D eigenvalue weighted by atomic mass is 9.94. The van der Waals surface area contributed by atoms with Crippen molar-refractivity contribution in [1.82, 2.24) is 20.2 Å². The summed E-state index contributed by atoms with van der Waals surface area (Å²) in [5.74, 6) is 1.66. The molecule has 8 heteroatoms. The molecule has 0 N–H and O–H groups in total. The van der Waals surface area contributed by atoms with Crippen LogP contribution in [0.15, 0.2) is 50.1 Å². The van der Waals surface area contributed by atoms with Crippen LogP contribution in [0.2, 0.25) is 0 Å². The molecule has 4 aromatic rings. The van der Waals surface area contributed by atoms with Crippen molar-refractivity contribution < 1.29 is 13.8 Å². The molecule has 0 spiro atoms. The van der Waals surface area contributed by atoms with Crippen LogP contribution < -0.4 is 0 Å². The normalized spacial score (nSPS) is 17.1. The molecule has 1 saturated heterocycles. The van der Waals surface area contributed by atoms with Gasteiger partial charge < -0.3 is 13.9 Å². The molecule has 0 unspecified atom stereocenters. The smallest absolute Gasteiger partial charge is 0.228 e. The highest BCUT2D eigenvalue weighted by molar-refractivity contribution is 7.08. The van der Waals surface area contributed by atoms with Gasteiger partial charge in [0.05, 0.1) is 6.42 Å². The number of piperidine rings is 1. The van der Waals surface area contributed by atoms with Gasteiger partial charge in [-0.1, -0.05) is 22.4 Å². The van der Waals surface area contributed by atoms with Gasteiger partial charge >= 0.3 is 0 Å². The molecule has 148 valence electrons. The Kier molecular flexibility index (Phi) is 4.85. The number of likely N-dealkylation sites (tertiary alicyclic amines) is 1. The van der Waals surface area contributed by atoms with Gasteiger partial charge in [-0.3, -0.25) is 4.79 Å². The van der Waals surface area contributed by atoms with Crippen LogP contribution in [0.25, 0.3) is 22.4 Å². The zero-order chi connectivity index (χ0) is 19.6. The summed E-state index contributed by atoms with van der Waals surface area (Å²) in [7, 11) is 0. The van der Waals surface area contributed by atoms with E-state index in [4.69, 9.17) is 9.05 Å². The van der Waals surface area contributed by atoms with Crippen molar-refractivity contribution in [3.8, 4) is 11.4 Å². The van der Waals surface area contributed by atoms with Crippen molar-refractivity contribution in [3.63, 3.8) is 0 Å². The third-order valence-corrected chi connectivity index (χ3v) is 6.04. The van der Waals surface area contributed by atoms with Gasteiger partial charge in [0, 0.05) is 35.8 Å². The molecule has 1 aliphatic heterocycles. The zero-order valence-corrected chi connectivity index (χ0v) is 16.6. The molecule has 1 atom stereocenters. The summed E-state index contributed by atoms with van der Waals surface area (Å²) >= 11 is 1.61. The number of benzene rings is 1. The minimum absolute atomic E-state index is 0.0817. The van der Waals surface area contributed by atoms with Crippen molar-refractivity contribution in [3.05, 3.63) is 52.7 Å². The summed E-state index contributed by atoms with van der Waals surface area (Å²) in [6, 6.07) is 9.61. The third kappa shape index (κ3) is 3.80. The maximum atomic E-state index is 12.9. The molecule has 0 bridgehead atoms. The molecule has 7 nitrogen and oxygen atoms in total. The van der Waals surface area contributed by atoms with Gasteiger partial charge in [-0.05, 0) is 42.3 Å². The van der Waals surface area contributed by atoms with Crippen molar-refractivity contribution in [1.29, 1.82) is 0 Å². The van der Waals surface area contributed by atoms with Crippen LogP contribution in [0.4, 0.5) is 0 Å². The lowest BCUT2D eigenvalue weighted by Crippen LogP contribution is -2.41. The van der Waals surface area contributed by atoms with Gasteiger partial charge in [0.2, 0.25) is 17.6 Å². The number of carbonyl (C=O) groups excluding carboxylic acids is 1. The van der Waals surface area contributed by atoms with Gasteiger partial charge in [0.15, 0.2) is 5.58 Å². The summed E-state index contributed by atoms with van der Waals surface area (Å²) in [6.45, 7) is 1.47. The van der Waals surface area contributed by atoms with E-state index in [-0.39, 0.29) is 12.3 Å². The molecule has 5 rings (SSSR count). The molecule has 0 aliphatic carbocycles. The first-order chi connectivity index (χ1) is 14.3. The quantitative estimate of drug-likeness (QED) is 0.497. The van der Waals surface area contributed by atoms with Gasteiger partial charge in [0.1, 0.15) is 5.69 Å². The third-order valence-electron chi connectivity index (χ3n) is 5.35. The summed E-state index contributed by atoms with van der Waals surface area (Å²) in [5.41, 5.74) is 2.39. The second-order valence-corrected chi connectivity index (χ2v) is 8.16. The Hall–Kier alpha value is -3.00. The van der Waals surface area contributed by atoms with E-state index in [0.29, 0.717) is 41.9 Å². The number of aromatic nitrogens is 3. The Labute approximate surface area is 171 Å². The first-order valence-corrected chi connectivity index (χ1v) is 10.7. The maximum Gasteiger partial charge on any atom is 0.228 e. The molecule has 3 aromatic heterocycles. The van der Waals surface area contributed by atoms with Crippen LogP contribution in [0, 0.1) is 5.92 Å². The Morgan fingerprint density at radius 1 is 1.21 bits per heavy atom. The molecule has 0 radical (unpaired) electrons. The highest BCUT2D eigenvalue weighted by Gasteiger charge is 2.26. The first kappa shape index (κ1) is 18.1. The Bertz CT molecular complexity index is 1120. The molecule has 4 heterocycles. The van der Waals surface area contributed by atoms with E-state index < -0.39 is 0 Å². The van der Waals surface area contributed by atoms with Gasteiger partial charge in [0.25, 0.3) is 0 Å². The number of hydrogen-bond donors (Lipinski definition) is 0. The minimum Gasteiger partial charge on any atom is -0.356 e. The number of hydrogen-bond acceptors (Lipinski definition) is 7. The molecular weight excluding hydrogens is 388 g/mol. The van der Waals surface area contributed by atoms with Gasteiger partial charge in [-0.2, -0.15) is 16.3 Å². The highest BCUT2D eigenvalue weighted by Crippen LogP contribution is 2.24. The minimum atomic E-state index is 0.0817. The fourth-order valence-corrected chi connectivity index (χ4v) is 4.51. The zero-order valence-electron chi connectivity index (χ0n) is 15.8. The average molecular weight is 408 g/mol. The Morgan fingerprint density at radius 3 is 3.03 bits per heavy atom. The summed E-state index contributed by atoms with van der Waals surface area (Å²) < 4.78 is 10.8. The van der Waals surface area contributed by atoms with Crippen LogP contribution in [0.5, 0.6) is 0 Å². The predicted molar refractivity (Wildman–Crippen MR) is 108 cm³/mol. The lowest BCUT2D eigenvalue weighted by Gasteiger charge is -2.32. The van der Waals surface area contributed by atoms with Gasteiger partial charge in [-0.25, -0.2) is 0 Å². The van der Waals surface area contributed by atoms with E-state index >= 15 is 0 Å². The van der Waals surface area contributed by atoms with Crippen LogP contribution >= 0.6 is 11.3 Å². The van der Waals surface area contributed by atoms with Crippen molar-refractivity contribution in [2.75, 3.05) is 13.1 Å². The molecule has 1 aromatic carbocycles. The molecular formula is C21H20N4O3S. The monoisotopic (exact) mass is 408 g/mol. The van der Waals surface area contributed by atoms with E-state index in [0.717, 1.165) is 30.3 Å². The Morgan fingerprint density at radius 2 is 2.14 bits per heavy atom. The van der Waals surface area contributed by atoms with E-state index in [9.17, 15) is 4.79 Å². The van der Waals surface area contributed by atoms with Crippen molar-refractivity contribution >= 4 is 28.2 Å². The van der Waals surface area contributed by atoms with E-state index in [2.05, 4.69) is 15.3 Å². The Balaban J connectivity index is 1.23. The van der Waals surface area contributed by atoms with E-state index in [1.807, 2.05) is 46.0 Å². The van der Waals surface area contributed by atoms with Crippen LogP contribution in [0.3, 0.4) is 0 Å². The summed E-state index contributed by atoms with van der Waals surface area (Å²) in [5, 5.41) is 13.1. The molecule has 1 amide bonds. The summed E-state index contributed by atoms with van der Waals surface area (Å²) in [4.78, 5) is 19.3. The second-order valence-electron chi connectivity index (χ2n) is 7.38. The fourth-order valence-electron chi connectivity index (χ4n) is 3.87. The predicted octanol–water partition coefficient (Wildman–Crippen LogP) is 3.96. The number of thiophene rings is 1. The lowest BCUT2D eigenvalue weighted by molar-refractivity contribution is -0.132. The molecule has 29 heavy (non-hydrogen) atoms. The number of fused-ring (bicyclic) bond motifs is 1.